The summed E-state index contributed by atoms with van der Waals surface area (Å²) in [6, 6.07) is 7.15. The first-order valence-corrected chi connectivity index (χ1v) is 8.88. The molecule has 1 fully saturated rings. The fourth-order valence-corrected chi connectivity index (χ4v) is 3.03. The molecule has 0 saturated heterocycles. The topological polar surface area (TPSA) is 72.2 Å². The third-order valence-electron chi connectivity index (χ3n) is 3.65. The number of sulfonamides is 1. The minimum Gasteiger partial charge on any atom is -0.326 e. The van der Waals surface area contributed by atoms with Gasteiger partial charge in [0.1, 0.15) is 0 Å². The van der Waals surface area contributed by atoms with Crippen LogP contribution in [0, 0.1) is 13.8 Å². The van der Waals surface area contributed by atoms with Crippen LogP contribution in [0.3, 0.4) is 0 Å². The average molecular weight is 453 g/mol. The Morgan fingerprint density at radius 2 is 1.46 bits per heavy atom. The first-order valence-electron chi connectivity index (χ1n) is 7.40. The van der Waals surface area contributed by atoms with Crippen LogP contribution in [-0.4, -0.2) is 26.0 Å². The molecule has 2 atom stereocenters. The molecule has 0 unspecified atom stereocenters. The molecule has 1 aliphatic rings. The number of rotatable bonds is 2. The molecule has 2 rings (SSSR count). The zero-order chi connectivity index (χ0) is 17.7. The van der Waals surface area contributed by atoms with Crippen LogP contribution in [-0.2, 0) is 29.5 Å². The van der Waals surface area contributed by atoms with Gasteiger partial charge < -0.3 is 5.73 Å². The Morgan fingerprint density at radius 3 is 1.83 bits per heavy atom. The van der Waals surface area contributed by atoms with Crippen molar-refractivity contribution in [1.82, 2.24) is 4.72 Å². The molecule has 1 saturated carbocycles. The molecule has 0 heterocycles. The van der Waals surface area contributed by atoms with Crippen molar-refractivity contribution in [3.8, 4) is 0 Å². The fourth-order valence-electron chi connectivity index (χ4n) is 2.21. The summed E-state index contributed by atoms with van der Waals surface area (Å²) in [5.41, 5.74) is 2.93. The predicted octanol–water partition coefficient (Wildman–Crippen LogP) is 3.00. The second kappa shape index (κ2) is 9.85. The molecule has 0 radical (unpaired) electrons. The number of benzene rings is 1. The largest absolute Gasteiger partial charge is 0.511 e. The molecule has 24 heavy (non-hydrogen) atoms. The molecule has 140 valence electrons. The van der Waals surface area contributed by atoms with E-state index in [0.717, 1.165) is 6.42 Å². The van der Waals surface area contributed by atoms with E-state index in [4.69, 9.17) is 5.73 Å². The molecule has 0 amide bonds. The minimum atomic E-state index is -5.26. The van der Waals surface area contributed by atoms with Gasteiger partial charge in [-0.05, 0) is 26.7 Å². The Balaban J connectivity index is 0.000000498. The van der Waals surface area contributed by atoms with Gasteiger partial charge in [0.2, 0.25) is 0 Å². The summed E-state index contributed by atoms with van der Waals surface area (Å²) in [7, 11) is -5.26. The molecule has 0 aliphatic heterocycles. The van der Waals surface area contributed by atoms with Gasteiger partial charge in [0, 0.05) is 31.6 Å². The number of nitrogens with two attached hydrogens (primary N) is 1. The monoisotopic (exact) mass is 454 g/mol. The molecule has 1 aromatic carbocycles. The van der Waals surface area contributed by atoms with E-state index in [9.17, 15) is 21.6 Å². The second-order valence-corrected chi connectivity index (χ2v) is 7.48. The smallest absolute Gasteiger partial charge is 0.326 e. The van der Waals surface area contributed by atoms with E-state index < -0.39 is 27.6 Å². The number of halogens is 3. The van der Waals surface area contributed by atoms with Crippen LogP contribution >= 0.6 is 0 Å². The van der Waals surface area contributed by atoms with Crippen LogP contribution in [0.1, 0.15) is 36.8 Å². The van der Waals surface area contributed by atoms with Gasteiger partial charge >= 0.3 is 15.5 Å². The van der Waals surface area contributed by atoms with Gasteiger partial charge in [0.05, 0.1) is 0 Å². The van der Waals surface area contributed by atoms with Crippen molar-refractivity contribution in [3.63, 3.8) is 0 Å². The van der Waals surface area contributed by atoms with Gasteiger partial charge in [-0.3, -0.25) is 0 Å². The number of hydrogen-bond donors (Lipinski definition) is 2. The molecule has 1 aliphatic carbocycles. The zero-order valence-electron chi connectivity index (χ0n) is 13.6. The first-order chi connectivity index (χ1) is 10.5. The maximum atomic E-state index is 12.0. The van der Waals surface area contributed by atoms with Gasteiger partial charge in [0.15, 0.2) is 0 Å². The third-order valence-corrected chi connectivity index (χ3v) is 4.87. The van der Waals surface area contributed by atoms with Crippen molar-refractivity contribution in [2.75, 3.05) is 0 Å². The van der Waals surface area contributed by atoms with Crippen LogP contribution < -0.4 is 10.5 Å². The molecular weight excluding hydrogens is 430 g/mol. The Hall–Kier alpha value is -0.497. The van der Waals surface area contributed by atoms with E-state index >= 15 is 0 Å². The van der Waals surface area contributed by atoms with E-state index in [1.165, 1.54) is 11.1 Å². The van der Waals surface area contributed by atoms with Crippen LogP contribution in [0.15, 0.2) is 24.3 Å². The van der Waals surface area contributed by atoms with E-state index in [1.54, 1.807) is 4.72 Å². The van der Waals surface area contributed by atoms with Crippen LogP contribution in [0.4, 0.5) is 13.2 Å². The molecule has 3 N–H and O–H groups in total. The SMILES string of the molecule is Cc1ccc(C)cc1.N[C@H]1CCCC[C@@H]1NS(=O)(=O)C(F)(F)F.[Ru]. The minimum absolute atomic E-state index is 0. The summed E-state index contributed by atoms with van der Waals surface area (Å²) in [5, 5.41) is 0. The average Bonchev–Trinajstić information content (AvgIpc) is 2.44. The van der Waals surface area contributed by atoms with Crippen molar-refractivity contribution >= 4 is 10.0 Å². The zero-order valence-corrected chi connectivity index (χ0v) is 16.1. The standard InChI is InChI=1S/C8H10.C7H13F3N2O2S.Ru/c1-7-3-5-8(2)6-4-7;8-7(9,10)15(13,14)12-6-4-2-1-3-5(6)11;/h3-6H,1-2H3;5-6,12H,1-4,11H2;/t;5-,6-;/m.0./s1. The maximum absolute atomic E-state index is 12.0. The summed E-state index contributed by atoms with van der Waals surface area (Å²) in [4.78, 5) is 0. The number of alkyl halides is 3. The Kier molecular flexibility index (Phi) is 9.65. The number of hydrogen-bond acceptors (Lipinski definition) is 3. The van der Waals surface area contributed by atoms with Crippen LogP contribution in [0.25, 0.3) is 0 Å². The summed E-state index contributed by atoms with van der Waals surface area (Å²) in [6.45, 7) is 4.19. The number of nitrogens with one attached hydrogen (secondary N) is 1. The third kappa shape index (κ3) is 7.59. The summed E-state index contributed by atoms with van der Waals surface area (Å²) in [5.74, 6) is 0. The van der Waals surface area contributed by atoms with Gasteiger partial charge in [-0.25, -0.2) is 13.1 Å². The molecule has 9 heteroatoms. The van der Waals surface area contributed by atoms with Crippen molar-refractivity contribution < 1.29 is 41.1 Å². The predicted molar refractivity (Wildman–Crippen MR) is 84.3 cm³/mol. The maximum Gasteiger partial charge on any atom is 0.511 e. The molecule has 1 aromatic rings. The van der Waals surface area contributed by atoms with Crippen molar-refractivity contribution in [3.05, 3.63) is 35.4 Å². The number of aryl methyl sites for hydroxylation is 2. The van der Waals surface area contributed by atoms with Gasteiger partial charge in [-0.1, -0.05) is 48.2 Å². The summed E-state index contributed by atoms with van der Waals surface area (Å²) < 4.78 is 59.2. The van der Waals surface area contributed by atoms with Gasteiger partial charge in [-0.15, -0.1) is 0 Å². The van der Waals surface area contributed by atoms with Gasteiger partial charge in [0.25, 0.3) is 0 Å². The quantitative estimate of drug-likeness (QED) is 0.677. The Bertz CT molecular complexity index is 571. The Morgan fingerprint density at radius 1 is 1.04 bits per heavy atom. The van der Waals surface area contributed by atoms with Crippen molar-refractivity contribution in [2.45, 2.75) is 57.1 Å². The molecular formula is C15H23F3N2O2RuS. The second-order valence-electron chi connectivity index (χ2n) is 5.78. The molecule has 0 spiro atoms. The normalized spacial score (nSPS) is 21.2. The van der Waals surface area contributed by atoms with Crippen LogP contribution in [0.2, 0.25) is 0 Å². The van der Waals surface area contributed by atoms with Crippen molar-refractivity contribution in [2.24, 2.45) is 5.73 Å². The summed E-state index contributed by atoms with van der Waals surface area (Å²) >= 11 is 0. The fraction of sp³-hybridized carbons (Fsp3) is 0.600. The van der Waals surface area contributed by atoms with E-state index in [1.807, 2.05) is 0 Å². The molecule has 0 aromatic heterocycles. The summed E-state index contributed by atoms with van der Waals surface area (Å²) in [6.07, 6.45) is 2.42. The van der Waals surface area contributed by atoms with E-state index in [0.29, 0.717) is 19.3 Å². The molecule has 0 bridgehead atoms. The van der Waals surface area contributed by atoms with E-state index in [-0.39, 0.29) is 19.5 Å². The molecule has 4 nitrogen and oxygen atoms in total. The van der Waals surface area contributed by atoms with E-state index in [2.05, 4.69) is 38.1 Å². The Labute approximate surface area is 154 Å². The van der Waals surface area contributed by atoms with Crippen molar-refractivity contribution in [1.29, 1.82) is 0 Å². The first kappa shape index (κ1) is 23.5. The van der Waals surface area contributed by atoms with Crippen LogP contribution in [0.5, 0.6) is 0 Å². The van der Waals surface area contributed by atoms with Gasteiger partial charge in [-0.2, -0.15) is 13.2 Å².